The van der Waals surface area contributed by atoms with Crippen LogP contribution in [-0.2, 0) is 17.2 Å². The van der Waals surface area contributed by atoms with Gasteiger partial charge >= 0.3 is 0 Å². The van der Waals surface area contributed by atoms with Crippen LogP contribution < -0.4 is 10.1 Å². The molecule has 1 unspecified atom stereocenters. The highest BCUT2D eigenvalue weighted by atomic mass is 35.5. The fourth-order valence-corrected chi connectivity index (χ4v) is 6.09. The number of aromatic nitrogens is 3. The van der Waals surface area contributed by atoms with E-state index in [0.717, 1.165) is 51.6 Å². The summed E-state index contributed by atoms with van der Waals surface area (Å²) in [5, 5.41) is 9.62. The van der Waals surface area contributed by atoms with Gasteiger partial charge in [-0.25, -0.2) is 4.68 Å². The highest BCUT2D eigenvalue weighted by Crippen LogP contribution is 2.41. The fourth-order valence-electron chi connectivity index (χ4n) is 4.97. The molecule has 38 heavy (non-hydrogen) atoms. The van der Waals surface area contributed by atoms with Gasteiger partial charge in [-0.3, -0.25) is 4.79 Å². The molecular weight excluding hydrogens is 516 g/mol. The summed E-state index contributed by atoms with van der Waals surface area (Å²) in [6, 6.07) is 23.6. The maximum absolute atomic E-state index is 13.2. The van der Waals surface area contributed by atoms with Crippen molar-refractivity contribution in [3.8, 4) is 5.75 Å². The van der Waals surface area contributed by atoms with Crippen molar-refractivity contribution in [1.29, 1.82) is 0 Å². The molecule has 1 aromatic heterocycles. The molecule has 0 radical (unpaired) electrons. The number of hydrogen-bond donors (Lipinski definition) is 1. The predicted molar refractivity (Wildman–Crippen MR) is 151 cm³/mol. The molecule has 1 atom stereocenters. The lowest BCUT2D eigenvalue weighted by atomic mass is 9.85. The zero-order valence-corrected chi connectivity index (χ0v) is 22.6. The summed E-state index contributed by atoms with van der Waals surface area (Å²) in [5.41, 5.74) is 6.03. The van der Waals surface area contributed by atoms with E-state index in [4.69, 9.17) is 26.4 Å². The molecule has 0 bridgehead atoms. The minimum absolute atomic E-state index is 0.154. The summed E-state index contributed by atoms with van der Waals surface area (Å²) in [5.74, 6) is 2.21. The zero-order chi connectivity index (χ0) is 26.1. The van der Waals surface area contributed by atoms with Crippen LogP contribution in [0.1, 0.15) is 47.6 Å². The standard InChI is InChI=1S/C30H27ClN4O2S/c1-19-8-2-3-9-21(19)17-37-23-12-6-11-20(16-23)28-27-25(14-7-15-26(27)36)32-29-33-30(34-35(28)29)38-18-22-10-4-5-13-24(22)31/h2-6,8-13,16,28H,7,14-15,17-18H2,1H3,(H,32,33,34). The Balaban J connectivity index is 1.31. The number of ketones is 1. The van der Waals surface area contributed by atoms with Crippen molar-refractivity contribution in [2.24, 2.45) is 0 Å². The number of rotatable bonds is 7. The number of allylic oxidation sites excluding steroid dienone is 2. The molecule has 192 valence electrons. The van der Waals surface area contributed by atoms with Crippen LogP contribution in [0.5, 0.6) is 5.75 Å². The van der Waals surface area contributed by atoms with Gasteiger partial charge in [-0.15, -0.1) is 5.10 Å². The van der Waals surface area contributed by atoms with Crippen LogP contribution in [-0.4, -0.2) is 20.5 Å². The van der Waals surface area contributed by atoms with E-state index < -0.39 is 0 Å². The molecule has 2 heterocycles. The van der Waals surface area contributed by atoms with Crippen LogP contribution in [0.3, 0.4) is 0 Å². The third kappa shape index (κ3) is 4.96. The van der Waals surface area contributed by atoms with Gasteiger partial charge in [0.2, 0.25) is 11.1 Å². The third-order valence-corrected chi connectivity index (χ3v) is 8.25. The van der Waals surface area contributed by atoms with Gasteiger partial charge in [0.1, 0.15) is 18.4 Å². The van der Waals surface area contributed by atoms with E-state index >= 15 is 0 Å². The first-order chi connectivity index (χ1) is 18.6. The first-order valence-electron chi connectivity index (χ1n) is 12.7. The molecule has 1 aliphatic heterocycles. The molecule has 0 fully saturated rings. The second-order valence-electron chi connectivity index (χ2n) is 9.53. The molecule has 1 N–H and O–H groups in total. The van der Waals surface area contributed by atoms with Crippen LogP contribution >= 0.6 is 23.4 Å². The Morgan fingerprint density at radius 2 is 1.87 bits per heavy atom. The Kier molecular flexibility index (Phi) is 6.96. The largest absolute Gasteiger partial charge is 0.489 e. The second kappa shape index (κ2) is 10.7. The van der Waals surface area contributed by atoms with Gasteiger partial charge in [0.25, 0.3) is 0 Å². The highest BCUT2D eigenvalue weighted by molar-refractivity contribution is 7.98. The van der Waals surface area contributed by atoms with Crippen molar-refractivity contribution >= 4 is 35.1 Å². The van der Waals surface area contributed by atoms with Gasteiger partial charge in [-0.05, 0) is 60.2 Å². The van der Waals surface area contributed by atoms with Crippen molar-refractivity contribution < 1.29 is 9.53 Å². The summed E-state index contributed by atoms with van der Waals surface area (Å²) >= 11 is 7.88. The van der Waals surface area contributed by atoms with E-state index in [1.807, 2.05) is 65.3 Å². The Morgan fingerprint density at radius 3 is 2.71 bits per heavy atom. The minimum Gasteiger partial charge on any atom is -0.489 e. The number of aryl methyl sites for hydroxylation is 1. The van der Waals surface area contributed by atoms with Gasteiger partial charge < -0.3 is 10.1 Å². The summed E-state index contributed by atoms with van der Waals surface area (Å²) in [6.07, 6.45) is 2.19. The van der Waals surface area contributed by atoms with Crippen molar-refractivity contribution in [1.82, 2.24) is 14.8 Å². The number of nitrogens with one attached hydrogen (secondary N) is 1. The van der Waals surface area contributed by atoms with E-state index in [9.17, 15) is 4.79 Å². The molecule has 2 aliphatic rings. The number of hydrogen-bond acceptors (Lipinski definition) is 6. The lowest BCUT2D eigenvalue weighted by molar-refractivity contribution is -0.116. The number of carbonyl (C=O) groups excluding carboxylic acids is 1. The summed E-state index contributed by atoms with van der Waals surface area (Å²) in [7, 11) is 0. The first-order valence-corrected chi connectivity index (χ1v) is 14.1. The molecule has 1 aliphatic carbocycles. The third-order valence-electron chi connectivity index (χ3n) is 6.99. The van der Waals surface area contributed by atoms with Gasteiger partial charge in [0.15, 0.2) is 5.78 Å². The van der Waals surface area contributed by atoms with E-state index in [1.165, 1.54) is 17.3 Å². The SMILES string of the molecule is Cc1ccccc1COc1cccc(C2C3=C(CCCC3=O)Nc3nc(SCc4ccccc4Cl)nn32)c1. The second-order valence-corrected chi connectivity index (χ2v) is 10.9. The highest BCUT2D eigenvalue weighted by Gasteiger charge is 2.37. The number of anilines is 1. The molecule has 4 aromatic rings. The molecular formula is C30H27ClN4O2S. The van der Waals surface area contributed by atoms with E-state index in [0.29, 0.717) is 29.9 Å². The van der Waals surface area contributed by atoms with Crippen LogP contribution in [0.15, 0.2) is 89.2 Å². The predicted octanol–water partition coefficient (Wildman–Crippen LogP) is 7.13. The number of nitrogens with zero attached hydrogens (tertiary/aromatic N) is 3. The van der Waals surface area contributed by atoms with Gasteiger partial charge in [0.05, 0.1) is 0 Å². The van der Waals surface area contributed by atoms with Crippen molar-refractivity contribution in [2.75, 3.05) is 5.32 Å². The van der Waals surface area contributed by atoms with Crippen molar-refractivity contribution in [3.63, 3.8) is 0 Å². The molecule has 0 saturated carbocycles. The summed E-state index contributed by atoms with van der Waals surface area (Å²) < 4.78 is 8.03. The van der Waals surface area contributed by atoms with E-state index in [1.54, 1.807) is 0 Å². The van der Waals surface area contributed by atoms with Gasteiger partial charge in [-0.1, -0.05) is 78.0 Å². The molecule has 0 spiro atoms. The normalized spacial score (nSPS) is 16.6. The average Bonchev–Trinajstić information content (AvgIpc) is 3.34. The summed E-state index contributed by atoms with van der Waals surface area (Å²) in [4.78, 5) is 18.0. The first kappa shape index (κ1) is 24.8. The fraction of sp³-hybridized carbons (Fsp3) is 0.233. The summed E-state index contributed by atoms with van der Waals surface area (Å²) in [6.45, 7) is 2.56. The number of thioether (sulfide) groups is 1. The lowest BCUT2D eigenvalue weighted by Crippen LogP contribution is -2.31. The van der Waals surface area contributed by atoms with Gasteiger partial charge in [-0.2, -0.15) is 4.98 Å². The molecule has 6 nitrogen and oxygen atoms in total. The Bertz CT molecular complexity index is 1550. The zero-order valence-electron chi connectivity index (χ0n) is 21.0. The number of fused-ring (bicyclic) bond motifs is 1. The smallest absolute Gasteiger partial charge is 0.227 e. The van der Waals surface area contributed by atoms with Crippen molar-refractivity contribution in [3.05, 3.63) is 111 Å². The lowest BCUT2D eigenvalue weighted by Gasteiger charge is -2.32. The van der Waals surface area contributed by atoms with Crippen LogP contribution in [0, 0.1) is 6.92 Å². The van der Waals surface area contributed by atoms with E-state index in [-0.39, 0.29) is 11.8 Å². The molecule has 0 saturated heterocycles. The number of carbonyl (C=O) groups is 1. The Morgan fingerprint density at radius 1 is 1.05 bits per heavy atom. The van der Waals surface area contributed by atoms with Crippen LogP contribution in [0.25, 0.3) is 0 Å². The molecule has 3 aromatic carbocycles. The molecule has 0 amide bonds. The van der Waals surface area contributed by atoms with Crippen molar-refractivity contribution in [2.45, 2.75) is 49.7 Å². The minimum atomic E-state index is -0.363. The van der Waals surface area contributed by atoms with E-state index in [2.05, 4.69) is 24.4 Å². The topological polar surface area (TPSA) is 69.0 Å². The van der Waals surface area contributed by atoms with Gasteiger partial charge in [0, 0.05) is 28.5 Å². The van der Waals surface area contributed by atoms with Crippen LogP contribution in [0.4, 0.5) is 5.95 Å². The molecule has 8 heteroatoms. The Labute approximate surface area is 231 Å². The average molecular weight is 543 g/mol. The quantitative estimate of drug-likeness (QED) is 0.250. The molecule has 6 rings (SSSR count). The number of benzene rings is 3. The number of ether oxygens (including phenoxy) is 1. The maximum Gasteiger partial charge on any atom is 0.227 e. The number of Topliss-reactive ketones (excluding diaryl/α,β-unsaturated/α-hetero) is 1. The number of halogens is 1. The maximum atomic E-state index is 13.2. The van der Waals surface area contributed by atoms with Crippen LogP contribution in [0.2, 0.25) is 5.02 Å². The Hall–Kier alpha value is -3.55. The monoisotopic (exact) mass is 542 g/mol.